The van der Waals surface area contributed by atoms with Crippen molar-refractivity contribution in [3.8, 4) is 0 Å². The van der Waals surface area contributed by atoms with Gasteiger partial charge in [0, 0.05) is 0 Å². The van der Waals surface area contributed by atoms with E-state index in [1.807, 2.05) is 24.8 Å². The monoisotopic (exact) mass is 235 g/mol. The fourth-order valence-corrected chi connectivity index (χ4v) is 3.00. The smallest absolute Gasteiger partial charge is 0.243 e. The van der Waals surface area contributed by atoms with Gasteiger partial charge in [0.2, 0.25) is 5.91 Å². The number of hydrogen-bond acceptors (Lipinski definition) is 2. The van der Waals surface area contributed by atoms with Crippen molar-refractivity contribution in [1.82, 2.24) is 0 Å². The molecule has 0 atom stereocenters. The van der Waals surface area contributed by atoms with Crippen molar-refractivity contribution >= 4 is 23.4 Å². The molecule has 86 valence electrons. The molecule has 2 rings (SSSR count). The molecular formula is C13H17NOS. The third kappa shape index (κ3) is 1.73. The maximum absolute atomic E-state index is 12.2. The Morgan fingerprint density at radius 1 is 1.25 bits per heavy atom. The van der Waals surface area contributed by atoms with Crippen LogP contribution < -0.4 is 4.90 Å². The zero-order valence-electron chi connectivity index (χ0n) is 10.2. The Kier molecular flexibility index (Phi) is 2.74. The van der Waals surface area contributed by atoms with Crippen LogP contribution >= 0.6 is 11.8 Å². The van der Waals surface area contributed by atoms with Crippen molar-refractivity contribution < 1.29 is 4.79 Å². The molecule has 0 aromatic heterocycles. The number of carbonyl (C=O) groups excluding carboxylic acids is 1. The third-order valence-corrected chi connectivity index (χ3v) is 4.31. The van der Waals surface area contributed by atoms with Gasteiger partial charge < -0.3 is 4.90 Å². The van der Waals surface area contributed by atoms with Crippen LogP contribution in [0.15, 0.2) is 18.2 Å². The molecule has 3 heteroatoms. The van der Waals surface area contributed by atoms with Crippen molar-refractivity contribution in [3.63, 3.8) is 0 Å². The molecule has 0 saturated carbocycles. The van der Waals surface area contributed by atoms with Crippen molar-refractivity contribution in [2.45, 2.75) is 32.4 Å². The predicted molar refractivity (Wildman–Crippen MR) is 69.9 cm³/mol. The van der Waals surface area contributed by atoms with E-state index in [0.717, 1.165) is 11.6 Å². The second-order valence-corrected chi connectivity index (χ2v) is 6.32. The maximum Gasteiger partial charge on any atom is 0.243 e. The second-order valence-electron chi connectivity index (χ2n) is 4.76. The first-order valence-corrected chi connectivity index (χ1v) is 6.44. The summed E-state index contributed by atoms with van der Waals surface area (Å²) in [5.74, 6) is 0.979. The number of thioether (sulfide) groups is 1. The third-order valence-electron chi connectivity index (χ3n) is 3.02. The van der Waals surface area contributed by atoms with Crippen LogP contribution in [0.4, 0.5) is 5.69 Å². The van der Waals surface area contributed by atoms with E-state index in [1.165, 1.54) is 11.1 Å². The lowest BCUT2D eigenvalue weighted by atomic mass is 10.1. The quantitative estimate of drug-likeness (QED) is 0.745. The molecule has 1 amide bonds. The highest BCUT2D eigenvalue weighted by molar-refractivity contribution is 8.02. The number of hydrogen-bond donors (Lipinski definition) is 0. The Morgan fingerprint density at radius 3 is 2.25 bits per heavy atom. The summed E-state index contributed by atoms with van der Waals surface area (Å²) in [7, 11) is 0. The van der Waals surface area contributed by atoms with Crippen LogP contribution in [0.25, 0.3) is 0 Å². The lowest BCUT2D eigenvalue weighted by molar-refractivity contribution is -0.119. The minimum atomic E-state index is -0.283. The van der Waals surface area contributed by atoms with E-state index in [1.54, 1.807) is 11.8 Å². The molecule has 0 bridgehead atoms. The van der Waals surface area contributed by atoms with E-state index >= 15 is 0 Å². The van der Waals surface area contributed by atoms with Crippen LogP contribution in [-0.4, -0.2) is 16.5 Å². The van der Waals surface area contributed by atoms with Gasteiger partial charge in [-0.05, 0) is 38.8 Å². The molecule has 1 saturated heterocycles. The molecule has 0 radical (unpaired) electrons. The van der Waals surface area contributed by atoms with Gasteiger partial charge in [0.25, 0.3) is 0 Å². The van der Waals surface area contributed by atoms with E-state index in [2.05, 4.69) is 26.0 Å². The summed E-state index contributed by atoms with van der Waals surface area (Å²) >= 11 is 1.70. The summed E-state index contributed by atoms with van der Waals surface area (Å²) in [5.41, 5.74) is 3.43. The predicted octanol–water partition coefficient (Wildman–Crippen LogP) is 3.12. The zero-order valence-corrected chi connectivity index (χ0v) is 11.0. The van der Waals surface area contributed by atoms with Crippen LogP contribution in [0.1, 0.15) is 25.0 Å². The molecule has 0 aliphatic carbocycles. The minimum absolute atomic E-state index is 0.218. The van der Waals surface area contributed by atoms with Crippen LogP contribution in [-0.2, 0) is 4.79 Å². The number of nitrogens with zero attached hydrogens (tertiary/aromatic N) is 1. The van der Waals surface area contributed by atoms with Crippen molar-refractivity contribution in [1.29, 1.82) is 0 Å². The van der Waals surface area contributed by atoms with Gasteiger partial charge in [-0.15, -0.1) is 11.8 Å². The maximum atomic E-state index is 12.2. The molecule has 16 heavy (non-hydrogen) atoms. The van der Waals surface area contributed by atoms with Gasteiger partial charge >= 0.3 is 0 Å². The van der Waals surface area contributed by atoms with Crippen molar-refractivity contribution in [2.24, 2.45) is 0 Å². The van der Waals surface area contributed by atoms with Gasteiger partial charge in [-0.25, -0.2) is 0 Å². The Hall–Kier alpha value is -0.960. The van der Waals surface area contributed by atoms with E-state index in [9.17, 15) is 4.79 Å². The number of rotatable bonds is 1. The first kappa shape index (κ1) is 11.5. The Morgan fingerprint density at radius 2 is 1.81 bits per heavy atom. The van der Waals surface area contributed by atoms with Gasteiger partial charge in [-0.2, -0.15) is 0 Å². The molecule has 0 spiro atoms. The summed E-state index contributed by atoms with van der Waals surface area (Å²) in [5, 5.41) is 0. The van der Waals surface area contributed by atoms with E-state index in [-0.39, 0.29) is 10.7 Å². The first-order valence-electron chi connectivity index (χ1n) is 5.45. The standard InChI is InChI=1S/C13H17NOS/c1-9-6-5-7-10(2)11(9)14-8-16-13(3,4)12(14)15/h5-7H,8H2,1-4H3. The van der Waals surface area contributed by atoms with Gasteiger partial charge in [-0.3, -0.25) is 4.79 Å². The fraction of sp³-hybridized carbons (Fsp3) is 0.462. The van der Waals surface area contributed by atoms with Gasteiger partial charge in [-0.1, -0.05) is 18.2 Å². The topological polar surface area (TPSA) is 20.3 Å². The Balaban J connectivity index is 2.44. The molecule has 1 aliphatic heterocycles. The average molecular weight is 235 g/mol. The minimum Gasteiger partial charge on any atom is -0.301 e. The van der Waals surface area contributed by atoms with Gasteiger partial charge in [0.1, 0.15) is 0 Å². The lowest BCUT2D eigenvalue weighted by Crippen LogP contribution is -2.35. The summed E-state index contributed by atoms with van der Waals surface area (Å²) in [6.07, 6.45) is 0. The van der Waals surface area contributed by atoms with E-state index < -0.39 is 0 Å². The molecule has 2 nitrogen and oxygen atoms in total. The molecular weight excluding hydrogens is 218 g/mol. The summed E-state index contributed by atoms with van der Waals surface area (Å²) in [4.78, 5) is 14.1. The highest BCUT2D eigenvalue weighted by atomic mass is 32.2. The van der Waals surface area contributed by atoms with E-state index in [0.29, 0.717) is 0 Å². The SMILES string of the molecule is Cc1cccc(C)c1N1CSC(C)(C)C1=O. The number of para-hydroxylation sites is 1. The number of amides is 1. The summed E-state index contributed by atoms with van der Waals surface area (Å²) in [6, 6.07) is 6.16. The normalized spacial score (nSPS) is 19.2. The second kappa shape index (κ2) is 3.81. The first-order chi connectivity index (χ1) is 7.43. The van der Waals surface area contributed by atoms with Gasteiger partial charge in [0.05, 0.1) is 16.3 Å². The number of aryl methyl sites for hydroxylation is 2. The lowest BCUT2D eigenvalue weighted by Gasteiger charge is -2.22. The summed E-state index contributed by atoms with van der Waals surface area (Å²) < 4.78 is -0.283. The number of benzene rings is 1. The van der Waals surface area contributed by atoms with Crippen LogP contribution in [0.5, 0.6) is 0 Å². The van der Waals surface area contributed by atoms with Crippen molar-refractivity contribution in [2.75, 3.05) is 10.8 Å². The number of anilines is 1. The Labute approximate surface area is 101 Å². The molecule has 1 fully saturated rings. The van der Waals surface area contributed by atoms with E-state index in [4.69, 9.17) is 0 Å². The zero-order chi connectivity index (χ0) is 11.9. The number of carbonyl (C=O) groups is 1. The highest BCUT2D eigenvalue weighted by Gasteiger charge is 2.40. The average Bonchev–Trinajstić information content (AvgIpc) is 2.45. The molecule has 1 aromatic rings. The largest absolute Gasteiger partial charge is 0.301 e. The molecule has 1 aromatic carbocycles. The highest BCUT2D eigenvalue weighted by Crippen LogP contribution is 2.39. The van der Waals surface area contributed by atoms with Crippen LogP contribution in [0.2, 0.25) is 0 Å². The molecule has 1 aliphatic rings. The Bertz CT molecular complexity index is 419. The molecule has 1 heterocycles. The fourth-order valence-electron chi connectivity index (χ4n) is 2.07. The van der Waals surface area contributed by atoms with Crippen molar-refractivity contribution in [3.05, 3.63) is 29.3 Å². The van der Waals surface area contributed by atoms with Gasteiger partial charge in [0.15, 0.2) is 0 Å². The van der Waals surface area contributed by atoms with Crippen LogP contribution in [0.3, 0.4) is 0 Å². The molecule has 0 unspecified atom stereocenters. The van der Waals surface area contributed by atoms with Crippen LogP contribution in [0, 0.1) is 13.8 Å². The summed E-state index contributed by atoms with van der Waals surface area (Å²) in [6.45, 7) is 8.11. The molecule has 0 N–H and O–H groups in total.